The van der Waals surface area contributed by atoms with Crippen molar-refractivity contribution in [1.29, 1.82) is 0 Å². The first-order valence-corrected chi connectivity index (χ1v) is 4.62. The van der Waals surface area contributed by atoms with E-state index in [-0.39, 0.29) is 0 Å². The normalized spacial score (nSPS) is 21.8. The molecule has 2 rings (SSSR count). The first kappa shape index (κ1) is 8.44. The Hall–Kier alpha value is -1.16. The Morgan fingerprint density at radius 1 is 1.46 bits per heavy atom. The topological polar surface area (TPSA) is 49.8 Å². The summed E-state index contributed by atoms with van der Waals surface area (Å²) in [6, 6.07) is 4.45. The molecule has 0 unspecified atom stereocenters. The van der Waals surface area contributed by atoms with Gasteiger partial charge in [0.25, 0.3) is 0 Å². The number of anilines is 1. The Balaban J connectivity index is 1.97. The molecule has 1 aromatic rings. The van der Waals surface area contributed by atoms with Gasteiger partial charge in [0.2, 0.25) is 0 Å². The van der Waals surface area contributed by atoms with Crippen molar-refractivity contribution >= 4 is 5.82 Å². The number of aryl methyl sites for hydroxylation is 1. The second-order valence-electron chi connectivity index (χ2n) is 3.39. The van der Waals surface area contributed by atoms with Gasteiger partial charge >= 0.3 is 0 Å². The maximum absolute atomic E-state index is 4.05. The van der Waals surface area contributed by atoms with Crippen molar-refractivity contribution < 1.29 is 0 Å². The van der Waals surface area contributed by atoms with Crippen LogP contribution >= 0.6 is 0 Å². The fraction of sp³-hybridized carbons (Fsp3) is 0.556. The molecule has 1 aliphatic heterocycles. The SMILES string of the molecule is Cc1ccc(N[C@H]2CCNC2)nn1. The van der Waals surface area contributed by atoms with Gasteiger partial charge in [-0.1, -0.05) is 0 Å². The maximum atomic E-state index is 4.05. The summed E-state index contributed by atoms with van der Waals surface area (Å²) in [5, 5.41) is 14.7. The lowest BCUT2D eigenvalue weighted by Gasteiger charge is -2.10. The van der Waals surface area contributed by atoms with Gasteiger partial charge in [-0.15, -0.1) is 5.10 Å². The molecule has 0 aromatic carbocycles. The van der Waals surface area contributed by atoms with Crippen molar-refractivity contribution in [3.8, 4) is 0 Å². The van der Waals surface area contributed by atoms with Gasteiger partial charge in [0.15, 0.2) is 0 Å². The molecule has 1 fully saturated rings. The molecule has 0 radical (unpaired) electrons. The molecule has 0 amide bonds. The highest BCUT2D eigenvalue weighted by molar-refractivity contribution is 5.34. The molecule has 13 heavy (non-hydrogen) atoms. The zero-order valence-electron chi connectivity index (χ0n) is 7.75. The first-order chi connectivity index (χ1) is 6.34. The van der Waals surface area contributed by atoms with Gasteiger partial charge in [0.1, 0.15) is 5.82 Å². The van der Waals surface area contributed by atoms with Crippen LogP contribution in [0.25, 0.3) is 0 Å². The van der Waals surface area contributed by atoms with E-state index in [1.54, 1.807) is 0 Å². The third-order valence-corrected chi connectivity index (χ3v) is 2.21. The minimum atomic E-state index is 0.511. The predicted octanol–water partition coefficient (Wildman–Crippen LogP) is 0.559. The molecular formula is C9H14N4. The summed E-state index contributed by atoms with van der Waals surface area (Å²) in [6.45, 7) is 4.06. The molecule has 0 aliphatic carbocycles. The molecule has 4 heteroatoms. The smallest absolute Gasteiger partial charge is 0.148 e. The third kappa shape index (κ3) is 2.15. The van der Waals surface area contributed by atoms with Gasteiger partial charge in [-0.25, -0.2) is 0 Å². The average Bonchev–Trinajstić information content (AvgIpc) is 2.62. The minimum absolute atomic E-state index is 0.511. The summed E-state index contributed by atoms with van der Waals surface area (Å²) in [4.78, 5) is 0. The van der Waals surface area contributed by atoms with Crippen LogP contribution in [0.5, 0.6) is 0 Å². The van der Waals surface area contributed by atoms with E-state index in [1.165, 1.54) is 0 Å². The number of nitrogens with zero attached hydrogens (tertiary/aromatic N) is 2. The monoisotopic (exact) mass is 178 g/mol. The van der Waals surface area contributed by atoms with Crippen LogP contribution in [0.4, 0.5) is 5.82 Å². The highest BCUT2D eigenvalue weighted by atomic mass is 15.2. The lowest BCUT2D eigenvalue weighted by molar-refractivity contribution is 0.781. The van der Waals surface area contributed by atoms with E-state index in [4.69, 9.17) is 0 Å². The standard InChI is InChI=1S/C9H14N4/c1-7-2-3-9(13-12-7)11-8-4-5-10-6-8/h2-3,8,10H,4-6H2,1H3,(H,11,13)/t8-/m0/s1. The molecule has 1 saturated heterocycles. The molecule has 4 nitrogen and oxygen atoms in total. The highest BCUT2D eigenvalue weighted by Gasteiger charge is 2.13. The van der Waals surface area contributed by atoms with E-state index in [0.717, 1.165) is 31.0 Å². The fourth-order valence-corrected chi connectivity index (χ4v) is 1.46. The van der Waals surface area contributed by atoms with Gasteiger partial charge < -0.3 is 10.6 Å². The van der Waals surface area contributed by atoms with Crippen LogP contribution in [-0.2, 0) is 0 Å². The molecular weight excluding hydrogens is 164 g/mol. The van der Waals surface area contributed by atoms with Crippen LogP contribution < -0.4 is 10.6 Å². The van der Waals surface area contributed by atoms with E-state index < -0.39 is 0 Å². The zero-order chi connectivity index (χ0) is 9.10. The van der Waals surface area contributed by atoms with Crippen molar-refractivity contribution in [2.75, 3.05) is 18.4 Å². The van der Waals surface area contributed by atoms with Gasteiger partial charge in [-0.3, -0.25) is 0 Å². The number of rotatable bonds is 2. The van der Waals surface area contributed by atoms with Crippen molar-refractivity contribution in [2.24, 2.45) is 0 Å². The Bertz CT molecular complexity index is 263. The first-order valence-electron chi connectivity index (χ1n) is 4.62. The van der Waals surface area contributed by atoms with Gasteiger partial charge in [0.05, 0.1) is 5.69 Å². The second kappa shape index (κ2) is 3.70. The van der Waals surface area contributed by atoms with E-state index in [0.29, 0.717) is 6.04 Å². The predicted molar refractivity (Wildman–Crippen MR) is 51.7 cm³/mol. The Morgan fingerprint density at radius 2 is 2.38 bits per heavy atom. The lowest BCUT2D eigenvalue weighted by Crippen LogP contribution is -2.22. The van der Waals surface area contributed by atoms with Crippen LogP contribution in [-0.4, -0.2) is 29.3 Å². The molecule has 70 valence electrons. The molecule has 0 saturated carbocycles. The van der Waals surface area contributed by atoms with Crippen molar-refractivity contribution in [3.63, 3.8) is 0 Å². The van der Waals surface area contributed by atoms with E-state index in [1.807, 2.05) is 19.1 Å². The van der Waals surface area contributed by atoms with Gasteiger partial charge in [0, 0.05) is 12.6 Å². The van der Waals surface area contributed by atoms with Crippen LogP contribution in [0.3, 0.4) is 0 Å². The summed E-state index contributed by atoms with van der Waals surface area (Å²) < 4.78 is 0. The Labute approximate surface area is 77.8 Å². The summed E-state index contributed by atoms with van der Waals surface area (Å²) >= 11 is 0. The van der Waals surface area contributed by atoms with E-state index in [9.17, 15) is 0 Å². The fourth-order valence-electron chi connectivity index (χ4n) is 1.46. The molecule has 0 spiro atoms. The second-order valence-corrected chi connectivity index (χ2v) is 3.39. The van der Waals surface area contributed by atoms with Crippen molar-refractivity contribution in [1.82, 2.24) is 15.5 Å². The molecule has 1 atom stereocenters. The Kier molecular flexibility index (Phi) is 2.40. The maximum Gasteiger partial charge on any atom is 0.148 e. The largest absolute Gasteiger partial charge is 0.365 e. The van der Waals surface area contributed by atoms with Gasteiger partial charge in [-0.2, -0.15) is 5.10 Å². The molecule has 2 heterocycles. The minimum Gasteiger partial charge on any atom is -0.365 e. The zero-order valence-corrected chi connectivity index (χ0v) is 7.75. The number of hydrogen-bond donors (Lipinski definition) is 2. The summed E-state index contributed by atoms with van der Waals surface area (Å²) in [5.74, 6) is 0.874. The van der Waals surface area contributed by atoms with Gasteiger partial charge in [-0.05, 0) is 32.0 Å². The lowest BCUT2D eigenvalue weighted by atomic mass is 10.2. The molecule has 1 aliphatic rings. The quantitative estimate of drug-likeness (QED) is 0.694. The average molecular weight is 178 g/mol. The van der Waals surface area contributed by atoms with Crippen molar-refractivity contribution in [2.45, 2.75) is 19.4 Å². The van der Waals surface area contributed by atoms with Crippen LogP contribution in [0.2, 0.25) is 0 Å². The summed E-state index contributed by atoms with van der Waals surface area (Å²) in [6.07, 6.45) is 1.16. The van der Waals surface area contributed by atoms with Crippen LogP contribution in [0.1, 0.15) is 12.1 Å². The van der Waals surface area contributed by atoms with Crippen molar-refractivity contribution in [3.05, 3.63) is 17.8 Å². The summed E-state index contributed by atoms with van der Waals surface area (Å²) in [5.41, 5.74) is 0.954. The third-order valence-electron chi connectivity index (χ3n) is 2.21. The van der Waals surface area contributed by atoms with Crippen LogP contribution in [0, 0.1) is 6.92 Å². The molecule has 2 N–H and O–H groups in total. The number of nitrogens with one attached hydrogen (secondary N) is 2. The molecule has 0 bridgehead atoms. The van der Waals surface area contributed by atoms with E-state index in [2.05, 4.69) is 20.8 Å². The molecule has 1 aromatic heterocycles. The summed E-state index contributed by atoms with van der Waals surface area (Å²) in [7, 11) is 0. The number of hydrogen-bond acceptors (Lipinski definition) is 4. The Morgan fingerprint density at radius 3 is 3.00 bits per heavy atom. The number of aromatic nitrogens is 2. The van der Waals surface area contributed by atoms with Crippen LogP contribution in [0.15, 0.2) is 12.1 Å². The highest BCUT2D eigenvalue weighted by Crippen LogP contribution is 2.07. The van der Waals surface area contributed by atoms with E-state index >= 15 is 0 Å².